The number of carbonyl (C=O) groups is 2. The summed E-state index contributed by atoms with van der Waals surface area (Å²) in [5.41, 5.74) is 0.722. The number of thioether (sulfide) groups is 1. The molecule has 2 rings (SSSR count). The fourth-order valence-corrected chi connectivity index (χ4v) is 2.49. The van der Waals surface area contributed by atoms with Crippen molar-refractivity contribution in [2.24, 2.45) is 0 Å². The van der Waals surface area contributed by atoms with Gasteiger partial charge in [-0.25, -0.2) is 4.98 Å². The number of likely N-dealkylation sites (N-methyl/N-ethyl adjacent to an activating group) is 1. The van der Waals surface area contributed by atoms with Gasteiger partial charge >= 0.3 is 0 Å². The highest BCUT2D eigenvalue weighted by atomic mass is 32.2. The molecule has 1 aliphatic heterocycles. The van der Waals surface area contributed by atoms with E-state index in [-0.39, 0.29) is 18.4 Å². The van der Waals surface area contributed by atoms with E-state index < -0.39 is 0 Å². The molecule has 0 bridgehead atoms. The molecule has 1 aromatic rings. The normalized spacial score (nSPS) is 14.4. The summed E-state index contributed by atoms with van der Waals surface area (Å²) >= 11 is 1.41. The molecule has 0 aliphatic carbocycles. The molecule has 5 nitrogen and oxygen atoms in total. The lowest BCUT2D eigenvalue weighted by atomic mass is 10.3. The number of nitrogens with zero attached hydrogens (tertiary/aromatic N) is 2. The first-order valence-corrected chi connectivity index (χ1v) is 6.36. The van der Waals surface area contributed by atoms with Crippen LogP contribution in [0.25, 0.3) is 0 Å². The van der Waals surface area contributed by atoms with E-state index in [1.54, 1.807) is 12.3 Å². The molecule has 6 heteroatoms. The molecule has 90 valence electrons. The standard InChI is InChI=1S/C11H13N3O2S/c1-2-12-9(15)6-14-8-4-3-5-13-11(8)17-7-10(14)16/h3-5H,2,6-7H2,1H3,(H,12,15). The Morgan fingerprint density at radius 3 is 3.24 bits per heavy atom. The fraction of sp³-hybridized carbons (Fsp3) is 0.364. The molecule has 17 heavy (non-hydrogen) atoms. The van der Waals surface area contributed by atoms with Crippen LogP contribution < -0.4 is 10.2 Å². The Balaban J connectivity index is 2.21. The third-order valence-electron chi connectivity index (χ3n) is 2.35. The van der Waals surface area contributed by atoms with Crippen LogP contribution in [0.5, 0.6) is 0 Å². The van der Waals surface area contributed by atoms with Gasteiger partial charge in [0.1, 0.15) is 11.6 Å². The van der Waals surface area contributed by atoms with Gasteiger partial charge in [-0.1, -0.05) is 11.8 Å². The molecule has 1 aromatic heterocycles. The third kappa shape index (κ3) is 2.58. The molecule has 0 saturated heterocycles. The van der Waals surface area contributed by atoms with Crippen LogP contribution in [-0.4, -0.2) is 35.6 Å². The fourth-order valence-electron chi connectivity index (χ4n) is 1.61. The van der Waals surface area contributed by atoms with Gasteiger partial charge < -0.3 is 5.32 Å². The molecule has 1 aliphatic rings. The monoisotopic (exact) mass is 251 g/mol. The molecule has 0 saturated carbocycles. The van der Waals surface area contributed by atoms with Gasteiger partial charge in [0.25, 0.3) is 0 Å². The van der Waals surface area contributed by atoms with Gasteiger partial charge in [-0.2, -0.15) is 0 Å². The number of aromatic nitrogens is 1. The first kappa shape index (κ1) is 11.9. The van der Waals surface area contributed by atoms with Crippen molar-refractivity contribution in [3.63, 3.8) is 0 Å². The molecule has 0 atom stereocenters. The Morgan fingerprint density at radius 2 is 2.47 bits per heavy atom. The summed E-state index contributed by atoms with van der Waals surface area (Å²) in [6, 6.07) is 3.58. The second-order valence-electron chi connectivity index (χ2n) is 3.55. The van der Waals surface area contributed by atoms with Crippen LogP contribution in [0.2, 0.25) is 0 Å². The summed E-state index contributed by atoms with van der Waals surface area (Å²) in [6.45, 7) is 2.47. The van der Waals surface area contributed by atoms with Gasteiger partial charge in [-0.15, -0.1) is 0 Å². The van der Waals surface area contributed by atoms with Crippen molar-refractivity contribution in [2.45, 2.75) is 11.9 Å². The Kier molecular flexibility index (Phi) is 3.63. The Bertz CT molecular complexity index is 450. The zero-order chi connectivity index (χ0) is 12.3. The van der Waals surface area contributed by atoms with Gasteiger partial charge in [-0.05, 0) is 19.1 Å². The first-order chi connectivity index (χ1) is 8.22. The maximum atomic E-state index is 11.8. The number of rotatable bonds is 3. The lowest BCUT2D eigenvalue weighted by Gasteiger charge is -2.27. The SMILES string of the molecule is CCNC(=O)CN1C(=O)CSc2ncccc21. The number of hydrogen-bond donors (Lipinski definition) is 1. The zero-order valence-corrected chi connectivity index (χ0v) is 10.3. The van der Waals surface area contributed by atoms with E-state index in [1.165, 1.54) is 16.7 Å². The van der Waals surface area contributed by atoms with E-state index in [0.29, 0.717) is 12.3 Å². The smallest absolute Gasteiger partial charge is 0.240 e. The number of pyridine rings is 1. The van der Waals surface area contributed by atoms with E-state index in [0.717, 1.165) is 10.7 Å². The number of fused-ring (bicyclic) bond motifs is 1. The lowest BCUT2D eigenvalue weighted by Crippen LogP contribution is -2.43. The second kappa shape index (κ2) is 5.18. The highest BCUT2D eigenvalue weighted by Crippen LogP contribution is 2.32. The summed E-state index contributed by atoms with van der Waals surface area (Å²) in [5.74, 6) is 0.132. The quantitative estimate of drug-likeness (QED) is 0.857. The van der Waals surface area contributed by atoms with Crippen LogP contribution >= 0.6 is 11.8 Å². The summed E-state index contributed by atoms with van der Waals surface area (Å²) in [7, 11) is 0. The average molecular weight is 251 g/mol. The molecule has 0 aromatic carbocycles. The molecule has 0 spiro atoms. The maximum Gasteiger partial charge on any atom is 0.240 e. The first-order valence-electron chi connectivity index (χ1n) is 5.37. The van der Waals surface area contributed by atoms with E-state index in [4.69, 9.17) is 0 Å². The van der Waals surface area contributed by atoms with Crippen molar-refractivity contribution < 1.29 is 9.59 Å². The molecule has 1 N–H and O–H groups in total. The van der Waals surface area contributed by atoms with Gasteiger partial charge in [0.15, 0.2) is 0 Å². The van der Waals surface area contributed by atoms with Gasteiger partial charge in [0.2, 0.25) is 11.8 Å². The van der Waals surface area contributed by atoms with E-state index in [2.05, 4.69) is 10.3 Å². The summed E-state index contributed by atoms with van der Waals surface area (Å²) in [6.07, 6.45) is 1.69. The van der Waals surface area contributed by atoms with Crippen molar-refractivity contribution in [3.05, 3.63) is 18.3 Å². The van der Waals surface area contributed by atoms with Crippen molar-refractivity contribution >= 4 is 29.3 Å². The Labute approximate surface area is 104 Å². The third-order valence-corrected chi connectivity index (χ3v) is 3.33. The van der Waals surface area contributed by atoms with Crippen molar-refractivity contribution in [1.29, 1.82) is 0 Å². The highest BCUT2D eigenvalue weighted by molar-refractivity contribution is 8.00. The molecule has 2 heterocycles. The van der Waals surface area contributed by atoms with E-state index in [9.17, 15) is 9.59 Å². The largest absolute Gasteiger partial charge is 0.355 e. The van der Waals surface area contributed by atoms with Crippen LogP contribution in [0.1, 0.15) is 6.92 Å². The highest BCUT2D eigenvalue weighted by Gasteiger charge is 2.26. The van der Waals surface area contributed by atoms with Crippen molar-refractivity contribution in [3.8, 4) is 0 Å². The van der Waals surface area contributed by atoms with Gasteiger partial charge in [-0.3, -0.25) is 14.5 Å². The van der Waals surface area contributed by atoms with Crippen LogP contribution in [0.3, 0.4) is 0 Å². The number of hydrogen-bond acceptors (Lipinski definition) is 4. The van der Waals surface area contributed by atoms with E-state index in [1.807, 2.05) is 13.0 Å². The molecular weight excluding hydrogens is 238 g/mol. The summed E-state index contributed by atoms with van der Waals surface area (Å²) < 4.78 is 0. The van der Waals surface area contributed by atoms with Crippen LogP contribution in [0, 0.1) is 0 Å². The number of nitrogens with one attached hydrogen (secondary N) is 1. The minimum atomic E-state index is -0.150. The van der Waals surface area contributed by atoms with Gasteiger partial charge in [0.05, 0.1) is 11.4 Å². The number of carbonyl (C=O) groups excluding carboxylic acids is 2. The van der Waals surface area contributed by atoms with Crippen LogP contribution in [-0.2, 0) is 9.59 Å². The van der Waals surface area contributed by atoms with E-state index >= 15 is 0 Å². The lowest BCUT2D eigenvalue weighted by molar-refractivity contribution is -0.122. The number of amides is 2. The van der Waals surface area contributed by atoms with Crippen molar-refractivity contribution in [2.75, 3.05) is 23.7 Å². The summed E-state index contributed by atoms with van der Waals surface area (Å²) in [4.78, 5) is 29.0. The molecule has 0 unspecified atom stereocenters. The topological polar surface area (TPSA) is 62.3 Å². The van der Waals surface area contributed by atoms with Crippen molar-refractivity contribution in [1.82, 2.24) is 10.3 Å². The second-order valence-corrected chi connectivity index (χ2v) is 4.51. The summed E-state index contributed by atoms with van der Waals surface area (Å²) in [5, 5.41) is 3.49. The molecular formula is C11H13N3O2S. The van der Waals surface area contributed by atoms with Gasteiger partial charge in [0, 0.05) is 12.7 Å². The van der Waals surface area contributed by atoms with Crippen LogP contribution in [0.4, 0.5) is 5.69 Å². The minimum Gasteiger partial charge on any atom is -0.355 e. The Hall–Kier alpha value is -1.56. The molecule has 0 fully saturated rings. The minimum absolute atomic E-state index is 0.0539. The number of anilines is 1. The molecule has 2 amide bonds. The average Bonchev–Trinajstić information content (AvgIpc) is 2.33. The van der Waals surface area contributed by atoms with Crippen LogP contribution in [0.15, 0.2) is 23.4 Å². The predicted octanol–water partition coefficient (Wildman–Crippen LogP) is 0.656. The Morgan fingerprint density at radius 1 is 1.65 bits per heavy atom. The zero-order valence-electron chi connectivity index (χ0n) is 9.47. The molecule has 0 radical (unpaired) electrons. The predicted molar refractivity (Wildman–Crippen MR) is 66.0 cm³/mol. The maximum absolute atomic E-state index is 11.8.